The van der Waals surface area contributed by atoms with Gasteiger partial charge in [-0.2, -0.15) is 0 Å². The Balaban J connectivity index is 3.34. The van der Waals surface area contributed by atoms with Crippen molar-refractivity contribution >= 4 is 5.91 Å². The second-order valence-corrected chi connectivity index (χ2v) is 4.94. The Labute approximate surface area is 115 Å². The number of hydrogen-bond donors (Lipinski definition) is 2. The van der Waals surface area contributed by atoms with E-state index in [-0.39, 0.29) is 11.9 Å². The molecule has 1 unspecified atom stereocenters. The maximum absolute atomic E-state index is 11.9. The van der Waals surface area contributed by atoms with Gasteiger partial charge in [-0.25, -0.2) is 0 Å². The fourth-order valence-electron chi connectivity index (χ4n) is 2.23. The van der Waals surface area contributed by atoms with Gasteiger partial charge < -0.3 is 15.4 Å². The molecule has 0 aliphatic heterocycles. The van der Waals surface area contributed by atoms with Crippen molar-refractivity contribution in [1.82, 2.24) is 10.6 Å². The van der Waals surface area contributed by atoms with Crippen LogP contribution in [0.2, 0.25) is 0 Å². The standard InChI is InChI=1S/C15H24N2O2/c1-9(2)11-8-12(10(3)7-13(11)19-6)14(16-4)15(18)17-5/h7-9,14,16H,1-6H3,(H,17,18). The average molecular weight is 264 g/mol. The van der Waals surface area contributed by atoms with Gasteiger partial charge in [-0.15, -0.1) is 0 Å². The Bertz CT molecular complexity index is 456. The van der Waals surface area contributed by atoms with Crippen molar-refractivity contribution in [3.8, 4) is 5.75 Å². The molecule has 106 valence electrons. The van der Waals surface area contributed by atoms with Gasteiger partial charge in [-0.3, -0.25) is 4.79 Å². The zero-order chi connectivity index (χ0) is 14.6. The normalized spacial score (nSPS) is 12.4. The molecule has 2 N–H and O–H groups in total. The van der Waals surface area contributed by atoms with Crippen molar-refractivity contribution in [3.63, 3.8) is 0 Å². The molecule has 0 saturated heterocycles. The third-order valence-corrected chi connectivity index (χ3v) is 3.35. The lowest BCUT2D eigenvalue weighted by atomic mass is 9.92. The Morgan fingerprint density at radius 3 is 2.26 bits per heavy atom. The summed E-state index contributed by atoms with van der Waals surface area (Å²) in [6.45, 7) is 6.23. The fraction of sp³-hybridized carbons (Fsp3) is 0.533. The molecular weight excluding hydrogens is 240 g/mol. The van der Waals surface area contributed by atoms with Crippen LogP contribution in [-0.2, 0) is 4.79 Å². The molecule has 1 atom stereocenters. The SMILES string of the molecule is CNC(=O)C(NC)c1cc(C(C)C)c(OC)cc1C. The van der Waals surface area contributed by atoms with Gasteiger partial charge in [0.05, 0.1) is 7.11 Å². The minimum absolute atomic E-state index is 0.0366. The van der Waals surface area contributed by atoms with Crippen molar-refractivity contribution in [3.05, 3.63) is 28.8 Å². The second kappa shape index (κ2) is 6.57. The quantitative estimate of drug-likeness (QED) is 0.856. The van der Waals surface area contributed by atoms with Gasteiger partial charge in [0, 0.05) is 7.05 Å². The molecule has 1 amide bonds. The first kappa shape index (κ1) is 15.5. The number of benzene rings is 1. The molecule has 4 nitrogen and oxygen atoms in total. The molecule has 0 fully saturated rings. The smallest absolute Gasteiger partial charge is 0.241 e. The zero-order valence-corrected chi connectivity index (χ0v) is 12.6. The highest BCUT2D eigenvalue weighted by Gasteiger charge is 2.21. The Hall–Kier alpha value is -1.55. The summed E-state index contributed by atoms with van der Waals surface area (Å²) in [6, 6.07) is 3.72. The lowest BCUT2D eigenvalue weighted by Gasteiger charge is -2.21. The van der Waals surface area contributed by atoms with Gasteiger partial charge in [-0.05, 0) is 48.7 Å². The monoisotopic (exact) mass is 264 g/mol. The summed E-state index contributed by atoms with van der Waals surface area (Å²) in [6.07, 6.45) is 0. The number of carbonyl (C=O) groups excluding carboxylic acids is 1. The minimum Gasteiger partial charge on any atom is -0.496 e. The number of ether oxygens (including phenoxy) is 1. The second-order valence-electron chi connectivity index (χ2n) is 4.94. The van der Waals surface area contributed by atoms with Crippen LogP contribution in [0.1, 0.15) is 42.5 Å². The van der Waals surface area contributed by atoms with Crippen LogP contribution in [0.15, 0.2) is 12.1 Å². The predicted molar refractivity (Wildman–Crippen MR) is 77.7 cm³/mol. The van der Waals surface area contributed by atoms with E-state index in [4.69, 9.17) is 4.74 Å². The van der Waals surface area contributed by atoms with Crippen LogP contribution >= 0.6 is 0 Å². The van der Waals surface area contributed by atoms with Crippen LogP contribution in [0.3, 0.4) is 0 Å². The molecule has 0 radical (unpaired) electrons. The molecule has 1 aromatic carbocycles. The van der Waals surface area contributed by atoms with E-state index in [0.29, 0.717) is 5.92 Å². The summed E-state index contributed by atoms with van der Waals surface area (Å²) >= 11 is 0. The Morgan fingerprint density at radius 1 is 1.21 bits per heavy atom. The van der Waals surface area contributed by atoms with Crippen molar-refractivity contribution in [2.24, 2.45) is 0 Å². The third kappa shape index (κ3) is 3.26. The summed E-state index contributed by atoms with van der Waals surface area (Å²) in [5.41, 5.74) is 3.16. The van der Waals surface area contributed by atoms with Gasteiger partial charge >= 0.3 is 0 Å². The molecule has 4 heteroatoms. The number of likely N-dealkylation sites (N-methyl/N-ethyl adjacent to an activating group) is 2. The van der Waals surface area contributed by atoms with Gasteiger partial charge in [-0.1, -0.05) is 13.8 Å². The molecule has 0 bridgehead atoms. The van der Waals surface area contributed by atoms with E-state index in [1.54, 1.807) is 21.2 Å². The lowest BCUT2D eigenvalue weighted by Crippen LogP contribution is -2.34. The van der Waals surface area contributed by atoms with Crippen molar-refractivity contribution in [2.75, 3.05) is 21.2 Å². The van der Waals surface area contributed by atoms with Gasteiger partial charge in [0.2, 0.25) is 5.91 Å². The maximum Gasteiger partial charge on any atom is 0.241 e. The molecule has 0 saturated carbocycles. The summed E-state index contributed by atoms with van der Waals surface area (Å²) in [5, 5.41) is 5.75. The Kier molecular flexibility index (Phi) is 5.36. The predicted octanol–water partition coefficient (Wildman–Crippen LogP) is 2.13. The Morgan fingerprint density at radius 2 is 1.84 bits per heavy atom. The number of amides is 1. The van der Waals surface area contributed by atoms with E-state index in [2.05, 4.69) is 30.5 Å². The summed E-state index contributed by atoms with van der Waals surface area (Å²) < 4.78 is 5.42. The van der Waals surface area contributed by atoms with E-state index in [1.807, 2.05) is 13.0 Å². The first-order valence-corrected chi connectivity index (χ1v) is 6.53. The molecule has 0 spiro atoms. The number of rotatable bonds is 5. The number of carbonyl (C=O) groups is 1. The van der Waals surface area contributed by atoms with Crippen molar-refractivity contribution < 1.29 is 9.53 Å². The first-order chi connectivity index (χ1) is 8.96. The van der Waals surface area contributed by atoms with Gasteiger partial charge in [0.1, 0.15) is 11.8 Å². The van der Waals surface area contributed by atoms with E-state index >= 15 is 0 Å². The molecule has 1 aromatic rings. The number of aryl methyl sites for hydroxylation is 1. The third-order valence-electron chi connectivity index (χ3n) is 3.35. The van der Waals surface area contributed by atoms with Crippen molar-refractivity contribution in [1.29, 1.82) is 0 Å². The summed E-state index contributed by atoms with van der Waals surface area (Å²) in [4.78, 5) is 11.9. The van der Waals surface area contributed by atoms with Crippen LogP contribution in [0.4, 0.5) is 0 Å². The van der Waals surface area contributed by atoms with Gasteiger partial charge in [0.25, 0.3) is 0 Å². The van der Waals surface area contributed by atoms with E-state index in [9.17, 15) is 4.79 Å². The highest BCUT2D eigenvalue weighted by atomic mass is 16.5. The summed E-state index contributed by atoms with van der Waals surface area (Å²) in [5.74, 6) is 1.19. The first-order valence-electron chi connectivity index (χ1n) is 6.53. The van der Waals surface area contributed by atoms with Crippen LogP contribution < -0.4 is 15.4 Å². The number of methoxy groups -OCH3 is 1. The molecule has 0 heterocycles. The molecule has 0 aliphatic rings. The molecule has 0 aliphatic carbocycles. The molecule has 1 rings (SSSR count). The topological polar surface area (TPSA) is 50.4 Å². The van der Waals surface area contributed by atoms with Crippen LogP contribution in [-0.4, -0.2) is 27.1 Å². The average Bonchev–Trinajstić information content (AvgIpc) is 2.40. The van der Waals surface area contributed by atoms with Crippen LogP contribution in [0.25, 0.3) is 0 Å². The molecular formula is C15H24N2O2. The minimum atomic E-state index is -0.339. The fourth-order valence-corrected chi connectivity index (χ4v) is 2.23. The largest absolute Gasteiger partial charge is 0.496 e. The number of nitrogens with one attached hydrogen (secondary N) is 2. The van der Waals surface area contributed by atoms with E-state index in [0.717, 1.165) is 22.4 Å². The van der Waals surface area contributed by atoms with Gasteiger partial charge in [0.15, 0.2) is 0 Å². The zero-order valence-electron chi connectivity index (χ0n) is 12.6. The molecule has 0 aromatic heterocycles. The summed E-state index contributed by atoms with van der Waals surface area (Å²) in [7, 11) is 5.11. The highest BCUT2D eigenvalue weighted by molar-refractivity contribution is 5.83. The maximum atomic E-state index is 11.9. The number of hydrogen-bond acceptors (Lipinski definition) is 3. The van der Waals surface area contributed by atoms with Crippen LogP contribution in [0, 0.1) is 6.92 Å². The highest BCUT2D eigenvalue weighted by Crippen LogP contribution is 2.32. The van der Waals surface area contributed by atoms with Crippen molar-refractivity contribution in [2.45, 2.75) is 32.7 Å². The van der Waals surface area contributed by atoms with E-state index in [1.165, 1.54) is 0 Å². The molecule has 19 heavy (non-hydrogen) atoms. The lowest BCUT2D eigenvalue weighted by molar-refractivity contribution is -0.122. The van der Waals surface area contributed by atoms with Crippen LogP contribution in [0.5, 0.6) is 5.75 Å². The van der Waals surface area contributed by atoms with E-state index < -0.39 is 0 Å².